The van der Waals surface area contributed by atoms with Gasteiger partial charge >= 0.3 is 6.03 Å². The molecule has 1 aliphatic rings. The number of halogens is 2. The average Bonchev–Trinajstić information content (AvgIpc) is 3.49. The third-order valence-electron chi connectivity index (χ3n) is 6.83. The molecule has 11 heteroatoms. The minimum absolute atomic E-state index is 0.0828. The van der Waals surface area contributed by atoms with Gasteiger partial charge in [0.1, 0.15) is 42.2 Å². The number of ether oxygens (including phenoxy) is 1. The smallest absolute Gasteiger partial charge is 0.325 e. The third kappa shape index (κ3) is 6.26. The number of nitrogens with one attached hydrogen (secondary N) is 2. The molecule has 0 spiro atoms. The van der Waals surface area contributed by atoms with Crippen LogP contribution in [0.25, 0.3) is 11.3 Å². The van der Waals surface area contributed by atoms with E-state index in [0.29, 0.717) is 40.5 Å². The van der Waals surface area contributed by atoms with Crippen LogP contribution in [0.3, 0.4) is 0 Å². The molecule has 0 aliphatic carbocycles. The summed E-state index contributed by atoms with van der Waals surface area (Å²) < 4.78 is 21.0. The van der Waals surface area contributed by atoms with Crippen molar-refractivity contribution in [3.05, 3.63) is 105 Å². The van der Waals surface area contributed by atoms with Crippen LogP contribution in [0.5, 0.6) is 5.75 Å². The van der Waals surface area contributed by atoms with E-state index in [4.69, 9.17) is 14.8 Å². The van der Waals surface area contributed by atoms with Gasteiger partial charge in [-0.3, -0.25) is 9.69 Å². The van der Waals surface area contributed by atoms with Crippen molar-refractivity contribution in [3.8, 4) is 17.0 Å². The van der Waals surface area contributed by atoms with Crippen molar-refractivity contribution in [3.63, 3.8) is 0 Å². The van der Waals surface area contributed by atoms with E-state index in [1.54, 1.807) is 43.3 Å². The summed E-state index contributed by atoms with van der Waals surface area (Å²) in [6.07, 6.45) is -0.706. The zero-order chi connectivity index (χ0) is 29.1. The molecule has 4 N–H and O–H groups in total. The summed E-state index contributed by atoms with van der Waals surface area (Å²) in [6.45, 7) is 1.28. The first kappa shape index (κ1) is 28.7. The summed E-state index contributed by atoms with van der Waals surface area (Å²) in [5.41, 5.74) is 2.80. The Morgan fingerprint density at radius 3 is 2.51 bits per heavy atom. The van der Waals surface area contributed by atoms with Crippen molar-refractivity contribution < 1.29 is 28.9 Å². The van der Waals surface area contributed by atoms with E-state index in [1.807, 2.05) is 52.9 Å². The molecule has 212 valence electrons. The van der Waals surface area contributed by atoms with Gasteiger partial charge in [0.2, 0.25) is 0 Å². The number of imide groups is 1. The molecule has 0 saturated carbocycles. The first-order chi connectivity index (χ1) is 19.7. The lowest BCUT2D eigenvalue weighted by molar-refractivity contribution is -0.129. The number of hydrogen-bond donors (Lipinski definition) is 4. The number of nitrogens with zero attached hydrogens (tertiary/aromatic N) is 2. The zero-order valence-corrected chi connectivity index (χ0v) is 24.2. The fourth-order valence-corrected chi connectivity index (χ4v) is 5.20. The second-order valence-electron chi connectivity index (χ2n) is 9.73. The van der Waals surface area contributed by atoms with Crippen LogP contribution in [-0.4, -0.2) is 56.3 Å². The van der Waals surface area contributed by atoms with E-state index >= 15 is 0 Å². The molecule has 3 aromatic carbocycles. The number of aromatic amines is 1. The van der Waals surface area contributed by atoms with Gasteiger partial charge in [0.25, 0.3) is 5.91 Å². The van der Waals surface area contributed by atoms with Gasteiger partial charge in [0, 0.05) is 21.2 Å². The Hall–Kier alpha value is -3.81. The van der Waals surface area contributed by atoms with Crippen LogP contribution >= 0.6 is 22.6 Å². The highest BCUT2D eigenvalue weighted by Crippen LogP contribution is 2.34. The average molecular weight is 670 g/mol. The minimum atomic E-state index is -1.01. The van der Waals surface area contributed by atoms with Crippen LogP contribution in [0.1, 0.15) is 34.7 Å². The van der Waals surface area contributed by atoms with E-state index in [-0.39, 0.29) is 6.61 Å². The number of H-pyrrole nitrogens is 1. The summed E-state index contributed by atoms with van der Waals surface area (Å²) in [5, 5.41) is 21.2. The molecular formula is C30H28FIN4O5. The van der Waals surface area contributed by atoms with Gasteiger partial charge < -0.3 is 25.3 Å². The Bertz CT molecular complexity index is 1550. The molecule has 1 fully saturated rings. The molecule has 2 heterocycles. The molecule has 41 heavy (non-hydrogen) atoms. The van der Waals surface area contributed by atoms with Crippen molar-refractivity contribution in [1.82, 2.24) is 20.2 Å². The number of urea groups is 1. The fourth-order valence-electron chi connectivity index (χ4n) is 4.75. The molecular weight excluding hydrogens is 642 g/mol. The van der Waals surface area contributed by atoms with Gasteiger partial charge in [-0.15, -0.1) is 0 Å². The van der Waals surface area contributed by atoms with Crippen LogP contribution in [0, 0.1) is 16.3 Å². The number of aliphatic hydroxyl groups excluding tert-OH is 2. The number of carbonyl (C=O) groups excluding carboxylic acids is 2. The monoisotopic (exact) mass is 670 g/mol. The highest BCUT2D eigenvalue weighted by atomic mass is 127. The summed E-state index contributed by atoms with van der Waals surface area (Å²) in [5.74, 6) is -0.0461. The van der Waals surface area contributed by atoms with E-state index in [0.717, 1.165) is 9.13 Å². The highest BCUT2D eigenvalue weighted by molar-refractivity contribution is 14.1. The van der Waals surface area contributed by atoms with E-state index < -0.39 is 42.6 Å². The maximum atomic E-state index is 14.9. The molecule has 0 radical (unpaired) electrons. The van der Waals surface area contributed by atoms with Gasteiger partial charge in [0.15, 0.2) is 0 Å². The molecule has 3 atom stereocenters. The molecule has 1 aromatic heterocycles. The standard InChI is InChI=1S/C30H28FIN4O5/c1-17-26(23-12-9-20(32)14-24(23)31)34-28(33-17)25(13-18-5-3-2-4-6-18)36-29(39)27(35-30(36)40)19-7-10-22(11-8-19)41-16-21(38)15-37/h2-12,14,21,25,27,37-38H,13,15-16H2,1H3,(H,33,34)(H,35,40)/t21-,25+,27-/m1/s1. The Morgan fingerprint density at radius 1 is 1.10 bits per heavy atom. The van der Waals surface area contributed by atoms with Crippen molar-refractivity contribution in [2.24, 2.45) is 0 Å². The van der Waals surface area contributed by atoms with Crippen LogP contribution in [0.2, 0.25) is 0 Å². The van der Waals surface area contributed by atoms with E-state index in [2.05, 4.69) is 10.3 Å². The molecule has 3 amide bonds. The van der Waals surface area contributed by atoms with Gasteiger partial charge in [-0.2, -0.15) is 0 Å². The van der Waals surface area contributed by atoms with Gasteiger partial charge in [-0.05, 0) is 71.0 Å². The number of aliphatic hydroxyl groups is 2. The number of aromatic nitrogens is 2. The lowest BCUT2D eigenvalue weighted by Gasteiger charge is -2.24. The third-order valence-corrected chi connectivity index (χ3v) is 7.50. The van der Waals surface area contributed by atoms with Crippen LogP contribution in [0.15, 0.2) is 72.8 Å². The summed E-state index contributed by atoms with van der Waals surface area (Å²) in [7, 11) is 0. The lowest BCUT2D eigenvalue weighted by Crippen LogP contribution is -2.36. The van der Waals surface area contributed by atoms with Crippen molar-refractivity contribution in [2.75, 3.05) is 13.2 Å². The maximum Gasteiger partial charge on any atom is 0.325 e. The number of imidazole rings is 1. The Labute approximate surface area is 249 Å². The first-order valence-electron chi connectivity index (χ1n) is 13.0. The second-order valence-corrected chi connectivity index (χ2v) is 11.0. The largest absolute Gasteiger partial charge is 0.491 e. The molecule has 9 nitrogen and oxygen atoms in total. The first-order valence-corrected chi connectivity index (χ1v) is 14.0. The number of carbonyl (C=O) groups is 2. The van der Waals surface area contributed by atoms with Gasteiger partial charge in [0.05, 0.1) is 12.3 Å². The Kier molecular flexibility index (Phi) is 8.66. The van der Waals surface area contributed by atoms with Crippen molar-refractivity contribution in [1.29, 1.82) is 0 Å². The molecule has 0 unspecified atom stereocenters. The molecule has 1 aliphatic heterocycles. The molecule has 1 saturated heterocycles. The van der Waals surface area contributed by atoms with Gasteiger partial charge in [-0.1, -0.05) is 42.5 Å². The van der Waals surface area contributed by atoms with Crippen molar-refractivity contribution >= 4 is 34.5 Å². The summed E-state index contributed by atoms with van der Waals surface area (Å²) in [6, 6.07) is 18.6. The normalized spacial score (nSPS) is 16.5. The molecule has 0 bridgehead atoms. The number of hydrogen-bond acceptors (Lipinski definition) is 6. The zero-order valence-electron chi connectivity index (χ0n) is 22.1. The predicted octanol–water partition coefficient (Wildman–Crippen LogP) is 4.44. The Balaban J connectivity index is 1.45. The number of aryl methyl sites for hydroxylation is 1. The summed E-state index contributed by atoms with van der Waals surface area (Å²) >= 11 is 2.04. The van der Waals surface area contributed by atoms with Crippen LogP contribution < -0.4 is 10.1 Å². The van der Waals surface area contributed by atoms with Crippen LogP contribution in [-0.2, 0) is 11.2 Å². The summed E-state index contributed by atoms with van der Waals surface area (Å²) in [4.78, 5) is 36.2. The van der Waals surface area contributed by atoms with Crippen LogP contribution in [0.4, 0.5) is 9.18 Å². The van der Waals surface area contributed by atoms with Gasteiger partial charge in [-0.25, -0.2) is 14.2 Å². The SMILES string of the molecule is Cc1[nH]c([C@H](Cc2ccccc2)N2C(=O)N[C@H](c3ccc(OC[C@H](O)CO)cc3)C2=O)nc1-c1ccc(I)cc1F. The number of amides is 3. The number of benzene rings is 3. The second kappa shape index (κ2) is 12.4. The predicted molar refractivity (Wildman–Crippen MR) is 157 cm³/mol. The Morgan fingerprint density at radius 2 is 1.83 bits per heavy atom. The minimum Gasteiger partial charge on any atom is -0.491 e. The highest BCUT2D eigenvalue weighted by Gasteiger charge is 2.44. The van der Waals surface area contributed by atoms with E-state index in [9.17, 15) is 19.1 Å². The number of rotatable bonds is 10. The molecule has 5 rings (SSSR count). The van der Waals surface area contributed by atoms with Crippen molar-refractivity contribution in [2.45, 2.75) is 31.5 Å². The maximum absolute atomic E-state index is 14.9. The quantitative estimate of drug-likeness (QED) is 0.146. The molecule has 4 aromatic rings. The topological polar surface area (TPSA) is 128 Å². The van der Waals surface area contributed by atoms with E-state index in [1.165, 1.54) is 11.0 Å². The fraction of sp³-hybridized carbons (Fsp3) is 0.233. The lowest BCUT2D eigenvalue weighted by atomic mass is 10.0.